The third-order valence-electron chi connectivity index (χ3n) is 3.69. The average molecular weight is 248 g/mol. The van der Waals surface area contributed by atoms with Crippen LogP contribution in [0.1, 0.15) is 31.4 Å². The van der Waals surface area contributed by atoms with Gasteiger partial charge in [0.25, 0.3) is 0 Å². The van der Waals surface area contributed by atoms with Crippen LogP contribution in [0.15, 0.2) is 24.3 Å². The van der Waals surface area contributed by atoms with Crippen LogP contribution in [0, 0.1) is 0 Å². The van der Waals surface area contributed by atoms with Crippen LogP contribution < -0.4 is 10.1 Å². The van der Waals surface area contributed by atoms with Gasteiger partial charge in [0, 0.05) is 19.1 Å². The second kappa shape index (κ2) is 6.76. The van der Waals surface area contributed by atoms with E-state index >= 15 is 0 Å². The summed E-state index contributed by atoms with van der Waals surface area (Å²) in [5.74, 6) is 0.919. The Balaban J connectivity index is 1.74. The molecule has 1 aromatic carbocycles. The zero-order valence-electron chi connectivity index (χ0n) is 11.5. The maximum absolute atomic E-state index is 5.17. The second-order valence-electron chi connectivity index (χ2n) is 5.00. The minimum atomic E-state index is 0.401. The number of hydrogen-bond donors (Lipinski definition) is 1. The molecule has 1 heterocycles. The van der Waals surface area contributed by atoms with Gasteiger partial charge in [0.2, 0.25) is 0 Å². The van der Waals surface area contributed by atoms with Gasteiger partial charge in [0.1, 0.15) is 5.75 Å². The number of ether oxygens (including phenoxy) is 1. The molecule has 0 radical (unpaired) electrons. The van der Waals surface area contributed by atoms with Crippen molar-refractivity contribution in [2.24, 2.45) is 0 Å². The highest BCUT2D eigenvalue weighted by molar-refractivity contribution is 5.28. The molecule has 0 aliphatic carbocycles. The largest absolute Gasteiger partial charge is 0.497 e. The summed E-state index contributed by atoms with van der Waals surface area (Å²) in [6.45, 7) is 7.00. The number of nitrogens with zero attached hydrogens (tertiary/aromatic N) is 1. The third kappa shape index (κ3) is 3.72. The van der Waals surface area contributed by atoms with Crippen molar-refractivity contribution in [1.29, 1.82) is 0 Å². The number of hydrogen-bond acceptors (Lipinski definition) is 3. The molecule has 0 unspecified atom stereocenters. The summed E-state index contributed by atoms with van der Waals surface area (Å²) in [5.41, 5.74) is 1.32. The highest BCUT2D eigenvalue weighted by Crippen LogP contribution is 2.17. The Bertz CT molecular complexity index is 344. The lowest BCUT2D eigenvalue weighted by Crippen LogP contribution is -2.31. The summed E-state index contributed by atoms with van der Waals surface area (Å²) in [6.07, 6.45) is 2.74. The van der Waals surface area contributed by atoms with Crippen LogP contribution >= 0.6 is 0 Å². The molecule has 0 bridgehead atoms. The highest BCUT2D eigenvalue weighted by Gasteiger charge is 2.11. The molecule has 1 saturated heterocycles. The lowest BCUT2D eigenvalue weighted by Gasteiger charge is -2.18. The van der Waals surface area contributed by atoms with Gasteiger partial charge in [0.15, 0.2) is 0 Å². The molecule has 1 fully saturated rings. The molecule has 1 aliphatic heterocycles. The van der Waals surface area contributed by atoms with E-state index in [9.17, 15) is 0 Å². The van der Waals surface area contributed by atoms with Crippen molar-refractivity contribution in [3.05, 3.63) is 29.8 Å². The van der Waals surface area contributed by atoms with Gasteiger partial charge in [-0.3, -0.25) is 0 Å². The Morgan fingerprint density at radius 1 is 1.22 bits per heavy atom. The summed E-state index contributed by atoms with van der Waals surface area (Å²) in [5, 5.41) is 3.58. The summed E-state index contributed by atoms with van der Waals surface area (Å²) in [6, 6.07) is 8.71. The van der Waals surface area contributed by atoms with Crippen LogP contribution in [0.3, 0.4) is 0 Å². The summed E-state index contributed by atoms with van der Waals surface area (Å²) in [4.78, 5) is 2.54. The Morgan fingerprint density at radius 2 is 1.89 bits per heavy atom. The first kappa shape index (κ1) is 13.4. The molecule has 3 heteroatoms. The predicted octanol–water partition coefficient (Wildman–Crippen LogP) is 2.44. The minimum Gasteiger partial charge on any atom is -0.497 e. The molecule has 1 atom stereocenters. The first-order valence-electron chi connectivity index (χ1n) is 6.89. The van der Waals surface area contributed by atoms with Crippen molar-refractivity contribution in [1.82, 2.24) is 10.2 Å². The van der Waals surface area contributed by atoms with Gasteiger partial charge < -0.3 is 15.0 Å². The molecular formula is C15H24N2O. The van der Waals surface area contributed by atoms with E-state index < -0.39 is 0 Å². The normalized spacial score (nSPS) is 17.9. The van der Waals surface area contributed by atoms with Crippen molar-refractivity contribution in [3.8, 4) is 5.75 Å². The van der Waals surface area contributed by atoms with Crippen molar-refractivity contribution in [2.45, 2.75) is 25.8 Å². The van der Waals surface area contributed by atoms with Gasteiger partial charge in [-0.25, -0.2) is 0 Å². The van der Waals surface area contributed by atoms with E-state index in [2.05, 4.69) is 29.3 Å². The standard InChI is InChI=1S/C15H24N2O/c1-13(14-5-7-15(18-2)8-6-14)16-9-12-17-10-3-4-11-17/h5-8,13,16H,3-4,9-12H2,1-2H3/t13-/m0/s1. The SMILES string of the molecule is COc1ccc([C@H](C)NCCN2CCCC2)cc1. The Hall–Kier alpha value is -1.06. The zero-order chi connectivity index (χ0) is 12.8. The second-order valence-corrected chi connectivity index (χ2v) is 5.00. The van der Waals surface area contributed by atoms with Crippen molar-refractivity contribution in [3.63, 3.8) is 0 Å². The Morgan fingerprint density at radius 3 is 2.50 bits per heavy atom. The fourth-order valence-corrected chi connectivity index (χ4v) is 2.46. The summed E-state index contributed by atoms with van der Waals surface area (Å²) >= 11 is 0. The number of likely N-dealkylation sites (tertiary alicyclic amines) is 1. The van der Waals surface area contributed by atoms with Crippen LogP contribution in [-0.2, 0) is 0 Å². The summed E-state index contributed by atoms with van der Waals surface area (Å²) < 4.78 is 5.17. The van der Waals surface area contributed by atoms with Crippen LogP contribution in [0.2, 0.25) is 0 Å². The molecule has 1 aliphatic rings. The van der Waals surface area contributed by atoms with Gasteiger partial charge in [-0.15, -0.1) is 0 Å². The minimum absolute atomic E-state index is 0.401. The van der Waals surface area contributed by atoms with Gasteiger partial charge in [-0.1, -0.05) is 12.1 Å². The average Bonchev–Trinajstić information content (AvgIpc) is 2.92. The van der Waals surface area contributed by atoms with E-state index in [0.29, 0.717) is 6.04 Å². The predicted molar refractivity (Wildman–Crippen MR) is 75.1 cm³/mol. The Labute approximate surface area is 110 Å². The van der Waals surface area contributed by atoms with E-state index in [-0.39, 0.29) is 0 Å². The van der Waals surface area contributed by atoms with Crippen molar-refractivity contribution in [2.75, 3.05) is 33.3 Å². The Kier molecular flexibility index (Phi) is 5.02. The number of benzene rings is 1. The third-order valence-corrected chi connectivity index (χ3v) is 3.69. The smallest absolute Gasteiger partial charge is 0.118 e. The quantitative estimate of drug-likeness (QED) is 0.837. The van der Waals surface area contributed by atoms with E-state index in [1.807, 2.05) is 12.1 Å². The molecule has 2 rings (SSSR count). The molecule has 3 nitrogen and oxygen atoms in total. The molecule has 0 saturated carbocycles. The molecule has 0 aromatic heterocycles. The van der Waals surface area contributed by atoms with Crippen LogP contribution in [-0.4, -0.2) is 38.2 Å². The van der Waals surface area contributed by atoms with E-state index in [1.165, 1.54) is 38.0 Å². The van der Waals surface area contributed by atoms with Crippen LogP contribution in [0.4, 0.5) is 0 Å². The first-order chi connectivity index (χ1) is 8.79. The van der Waals surface area contributed by atoms with Gasteiger partial charge >= 0.3 is 0 Å². The molecular weight excluding hydrogens is 224 g/mol. The van der Waals surface area contributed by atoms with E-state index in [4.69, 9.17) is 4.74 Å². The maximum Gasteiger partial charge on any atom is 0.118 e. The fourth-order valence-electron chi connectivity index (χ4n) is 2.46. The van der Waals surface area contributed by atoms with Crippen LogP contribution in [0.25, 0.3) is 0 Å². The molecule has 18 heavy (non-hydrogen) atoms. The van der Waals surface area contributed by atoms with E-state index in [1.54, 1.807) is 7.11 Å². The zero-order valence-corrected chi connectivity index (χ0v) is 11.5. The van der Waals surface area contributed by atoms with Gasteiger partial charge in [-0.05, 0) is 50.6 Å². The van der Waals surface area contributed by atoms with Crippen LogP contribution in [0.5, 0.6) is 5.75 Å². The van der Waals surface area contributed by atoms with Crippen molar-refractivity contribution >= 4 is 0 Å². The molecule has 1 N–H and O–H groups in total. The fraction of sp³-hybridized carbons (Fsp3) is 0.600. The van der Waals surface area contributed by atoms with E-state index in [0.717, 1.165) is 12.3 Å². The molecule has 0 amide bonds. The van der Waals surface area contributed by atoms with Crippen molar-refractivity contribution < 1.29 is 4.74 Å². The highest BCUT2D eigenvalue weighted by atomic mass is 16.5. The lowest BCUT2D eigenvalue weighted by atomic mass is 10.1. The first-order valence-corrected chi connectivity index (χ1v) is 6.89. The maximum atomic E-state index is 5.17. The monoisotopic (exact) mass is 248 g/mol. The summed E-state index contributed by atoms with van der Waals surface area (Å²) in [7, 11) is 1.70. The molecule has 100 valence electrons. The number of methoxy groups -OCH3 is 1. The lowest BCUT2D eigenvalue weighted by molar-refractivity contribution is 0.330. The van der Waals surface area contributed by atoms with Gasteiger partial charge in [0.05, 0.1) is 7.11 Å². The number of nitrogens with one attached hydrogen (secondary N) is 1. The topological polar surface area (TPSA) is 24.5 Å². The molecule has 1 aromatic rings. The molecule has 0 spiro atoms. The van der Waals surface area contributed by atoms with Gasteiger partial charge in [-0.2, -0.15) is 0 Å². The number of rotatable bonds is 6.